The first kappa shape index (κ1) is 9.46. The fourth-order valence-corrected chi connectivity index (χ4v) is 2.17. The SMILES string of the molecule is CC1COCCc2cn(C)c(C=O)c21. The molecule has 0 saturated carbocycles. The van der Waals surface area contributed by atoms with Crippen molar-refractivity contribution in [2.75, 3.05) is 13.2 Å². The minimum absolute atomic E-state index is 0.328. The molecule has 1 aliphatic rings. The molecule has 0 bridgehead atoms. The van der Waals surface area contributed by atoms with Crippen LogP contribution in [0, 0.1) is 0 Å². The van der Waals surface area contributed by atoms with E-state index in [1.54, 1.807) is 0 Å². The minimum Gasteiger partial charge on any atom is -0.380 e. The van der Waals surface area contributed by atoms with Gasteiger partial charge in [0.1, 0.15) is 0 Å². The van der Waals surface area contributed by atoms with E-state index in [1.807, 2.05) is 17.8 Å². The fourth-order valence-electron chi connectivity index (χ4n) is 2.17. The molecule has 1 aliphatic heterocycles. The number of hydrogen-bond acceptors (Lipinski definition) is 2. The van der Waals surface area contributed by atoms with E-state index < -0.39 is 0 Å². The number of rotatable bonds is 1. The highest BCUT2D eigenvalue weighted by Gasteiger charge is 2.21. The zero-order valence-corrected chi connectivity index (χ0v) is 8.62. The van der Waals surface area contributed by atoms with Gasteiger partial charge in [0.05, 0.1) is 18.9 Å². The van der Waals surface area contributed by atoms with Crippen molar-refractivity contribution in [3.05, 3.63) is 23.0 Å². The molecule has 0 aliphatic carbocycles. The van der Waals surface area contributed by atoms with E-state index >= 15 is 0 Å². The summed E-state index contributed by atoms with van der Waals surface area (Å²) >= 11 is 0. The van der Waals surface area contributed by atoms with Crippen molar-refractivity contribution < 1.29 is 9.53 Å². The van der Waals surface area contributed by atoms with Gasteiger partial charge in [-0.1, -0.05) is 6.92 Å². The van der Waals surface area contributed by atoms with Crippen molar-refractivity contribution in [3.8, 4) is 0 Å². The topological polar surface area (TPSA) is 31.2 Å². The number of nitrogens with zero attached hydrogens (tertiary/aromatic N) is 1. The van der Waals surface area contributed by atoms with Crippen LogP contribution in [-0.4, -0.2) is 24.1 Å². The molecule has 1 aromatic heterocycles. The van der Waals surface area contributed by atoms with Crippen molar-refractivity contribution in [2.45, 2.75) is 19.3 Å². The van der Waals surface area contributed by atoms with E-state index in [0.29, 0.717) is 5.92 Å². The summed E-state index contributed by atoms with van der Waals surface area (Å²) in [6.45, 7) is 3.59. The molecule has 0 fully saturated rings. The van der Waals surface area contributed by atoms with E-state index in [0.717, 1.165) is 31.6 Å². The van der Waals surface area contributed by atoms with Crippen LogP contribution in [0.15, 0.2) is 6.20 Å². The lowest BCUT2D eigenvalue weighted by Gasteiger charge is -2.09. The molecule has 0 aromatic carbocycles. The summed E-state index contributed by atoms with van der Waals surface area (Å²) in [4.78, 5) is 11.0. The van der Waals surface area contributed by atoms with Gasteiger partial charge in [0.2, 0.25) is 0 Å². The Hall–Kier alpha value is -1.09. The lowest BCUT2D eigenvalue weighted by Crippen LogP contribution is -2.05. The first-order valence-corrected chi connectivity index (χ1v) is 4.95. The van der Waals surface area contributed by atoms with Gasteiger partial charge in [-0.25, -0.2) is 0 Å². The zero-order chi connectivity index (χ0) is 10.1. The van der Waals surface area contributed by atoms with Crippen molar-refractivity contribution >= 4 is 6.29 Å². The lowest BCUT2D eigenvalue weighted by molar-refractivity contribution is 0.111. The summed E-state index contributed by atoms with van der Waals surface area (Å²) in [6, 6.07) is 0. The highest BCUT2D eigenvalue weighted by atomic mass is 16.5. The van der Waals surface area contributed by atoms with Gasteiger partial charge in [0.15, 0.2) is 6.29 Å². The second kappa shape index (κ2) is 3.58. The predicted octanol–water partition coefficient (Wildman–Crippen LogP) is 1.51. The maximum atomic E-state index is 11.0. The van der Waals surface area contributed by atoms with Crippen molar-refractivity contribution in [2.24, 2.45) is 7.05 Å². The summed E-state index contributed by atoms with van der Waals surface area (Å²) in [6.07, 6.45) is 3.91. The van der Waals surface area contributed by atoms with E-state index in [-0.39, 0.29) is 0 Å². The van der Waals surface area contributed by atoms with Gasteiger partial charge in [0.25, 0.3) is 0 Å². The van der Waals surface area contributed by atoms with Crippen LogP contribution in [0.4, 0.5) is 0 Å². The van der Waals surface area contributed by atoms with Crippen LogP contribution in [0.1, 0.15) is 34.5 Å². The molecule has 1 atom stereocenters. The third-order valence-electron chi connectivity index (χ3n) is 2.84. The van der Waals surface area contributed by atoms with Gasteiger partial charge in [-0.3, -0.25) is 4.79 Å². The van der Waals surface area contributed by atoms with Gasteiger partial charge in [-0.2, -0.15) is 0 Å². The third-order valence-corrected chi connectivity index (χ3v) is 2.84. The van der Waals surface area contributed by atoms with E-state index in [4.69, 9.17) is 4.74 Å². The molecule has 0 spiro atoms. The molecule has 0 radical (unpaired) electrons. The Bertz CT molecular complexity index is 354. The predicted molar refractivity (Wildman–Crippen MR) is 53.7 cm³/mol. The van der Waals surface area contributed by atoms with Gasteiger partial charge >= 0.3 is 0 Å². The van der Waals surface area contributed by atoms with Crippen LogP contribution in [0.25, 0.3) is 0 Å². The molecule has 0 saturated heterocycles. The normalized spacial score (nSPS) is 21.4. The second-order valence-corrected chi connectivity index (χ2v) is 3.91. The maximum absolute atomic E-state index is 11.0. The number of carbonyl (C=O) groups excluding carboxylic acids is 1. The quantitative estimate of drug-likeness (QED) is 0.633. The molecule has 1 aromatic rings. The average molecular weight is 193 g/mol. The van der Waals surface area contributed by atoms with Gasteiger partial charge in [-0.05, 0) is 17.5 Å². The number of ether oxygens (including phenoxy) is 1. The highest BCUT2D eigenvalue weighted by Crippen LogP contribution is 2.27. The second-order valence-electron chi connectivity index (χ2n) is 3.91. The summed E-state index contributed by atoms with van der Waals surface area (Å²) in [5.74, 6) is 0.328. The van der Waals surface area contributed by atoms with Crippen LogP contribution >= 0.6 is 0 Å². The number of aromatic nitrogens is 1. The van der Waals surface area contributed by atoms with Crippen molar-refractivity contribution in [1.82, 2.24) is 4.57 Å². The van der Waals surface area contributed by atoms with Gasteiger partial charge in [-0.15, -0.1) is 0 Å². The molecule has 76 valence electrons. The number of aryl methyl sites for hydroxylation is 1. The number of hydrogen-bond donors (Lipinski definition) is 0. The number of aldehydes is 1. The molecular weight excluding hydrogens is 178 g/mol. The largest absolute Gasteiger partial charge is 0.380 e. The van der Waals surface area contributed by atoms with E-state index in [1.165, 1.54) is 11.1 Å². The van der Waals surface area contributed by atoms with Crippen LogP contribution in [0.2, 0.25) is 0 Å². The Morgan fingerprint density at radius 3 is 3.14 bits per heavy atom. The molecule has 2 heterocycles. The Balaban J connectivity index is 2.53. The van der Waals surface area contributed by atoms with Crippen LogP contribution in [-0.2, 0) is 18.2 Å². The summed E-state index contributed by atoms with van der Waals surface area (Å²) in [5.41, 5.74) is 3.25. The van der Waals surface area contributed by atoms with Crippen LogP contribution in [0.5, 0.6) is 0 Å². The van der Waals surface area contributed by atoms with Crippen LogP contribution < -0.4 is 0 Å². The molecule has 0 N–H and O–H groups in total. The first-order chi connectivity index (χ1) is 6.74. The Morgan fingerprint density at radius 2 is 2.43 bits per heavy atom. The van der Waals surface area contributed by atoms with Gasteiger partial charge in [0, 0.05) is 19.2 Å². The third kappa shape index (κ3) is 1.38. The molecule has 14 heavy (non-hydrogen) atoms. The number of carbonyl (C=O) groups is 1. The summed E-state index contributed by atoms with van der Waals surface area (Å²) in [5, 5.41) is 0. The van der Waals surface area contributed by atoms with Crippen molar-refractivity contribution in [1.29, 1.82) is 0 Å². The molecule has 0 amide bonds. The Labute approximate surface area is 83.7 Å². The Morgan fingerprint density at radius 1 is 1.64 bits per heavy atom. The Kier molecular flexibility index (Phi) is 2.42. The van der Waals surface area contributed by atoms with E-state index in [9.17, 15) is 4.79 Å². The van der Waals surface area contributed by atoms with Gasteiger partial charge < -0.3 is 9.30 Å². The minimum atomic E-state index is 0.328. The zero-order valence-electron chi connectivity index (χ0n) is 8.62. The summed E-state index contributed by atoms with van der Waals surface area (Å²) < 4.78 is 7.38. The smallest absolute Gasteiger partial charge is 0.166 e. The molecule has 2 rings (SSSR count). The van der Waals surface area contributed by atoms with Crippen molar-refractivity contribution in [3.63, 3.8) is 0 Å². The first-order valence-electron chi connectivity index (χ1n) is 4.95. The average Bonchev–Trinajstić information content (AvgIpc) is 2.38. The standard InChI is InChI=1S/C11H15NO2/c1-8-7-14-4-3-9-5-12(2)10(6-13)11(8)9/h5-6,8H,3-4,7H2,1-2H3. The molecular formula is C11H15NO2. The monoisotopic (exact) mass is 193 g/mol. The molecule has 1 unspecified atom stereocenters. The molecule has 3 nitrogen and oxygen atoms in total. The summed E-state index contributed by atoms with van der Waals surface area (Å²) in [7, 11) is 1.92. The highest BCUT2D eigenvalue weighted by molar-refractivity contribution is 5.76. The number of fused-ring (bicyclic) bond motifs is 1. The molecule has 3 heteroatoms. The lowest BCUT2D eigenvalue weighted by atomic mass is 9.98. The van der Waals surface area contributed by atoms with Crippen LogP contribution in [0.3, 0.4) is 0 Å². The van der Waals surface area contributed by atoms with E-state index in [2.05, 4.69) is 6.92 Å². The maximum Gasteiger partial charge on any atom is 0.166 e. The fraction of sp³-hybridized carbons (Fsp3) is 0.545.